The fourth-order valence-corrected chi connectivity index (χ4v) is 5.57. The van der Waals surface area contributed by atoms with Gasteiger partial charge in [0, 0.05) is 44.5 Å². The van der Waals surface area contributed by atoms with Crippen LogP contribution in [0.5, 0.6) is 0 Å². The molecule has 1 aromatic carbocycles. The average molecular weight is 469 g/mol. The maximum absolute atomic E-state index is 13.3. The molecule has 1 saturated heterocycles. The van der Waals surface area contributed by atoms with Crippen molar-refractivity contribution in [3.05, 3.63) is 77.5 Å². The summed E-state index contributed by atoms with van der Waals surface area (Å²) in [5.74, 6) is 0.865. The smallest absolute Gasteiger partial charge is 0.272 e. The standard InChI is InChI=1S/C27H28N6O2/c34-26-17-22-24(6-3-11-28-22)33(26)21-9-14-31(15-10-21)25-16-23(29-18-30-25)27(35)32-12-7-19-4-1-2-5-20(19)8-13-32/h1-6,11,16,18,21H,7-10,12-15,17H2. The fraction of sp³-hybridized carbons (Fsp3) is 0.370. The molecular weight excluding hydrogens is 440 g/mol. The highest BCUT2D eigenvalue weighted by molar-refractivity contribution is 6.01. The minimum atomic E-state index is -0.0388. The molecule has 0 N–H and O–H groups in total. The highest BCUT2D eigenvalue weighted by Gasteiger charge is 2.35. The van der Waals surface area contributed by atoms with Gasteiger partial charge in [-0.1, -0.05) is 24.3 Å². The Balaban J connectivity index is 1.12. The number of anilines is 2. The molecule has 5 heterocycles. The van der Waals surface area contributed by atoms with Crippen molar-refractivity contribution in [2.24, 2.45) is 0 Å². The lowest BCUT2D eigenvalue weighted by molar-refractivity contribution is -0.117. The monoisotopic (exact) mass is 468 g/mol. The quantitative estimate of drug-likeness (QED) is 0.588. The summed E-state index contributed by atoms with van der Waals surface area (Å²) in [6, 6.07) is 14.3. The third-order valence-corrected chi connectivity index (χ3v) is 7.45. The SMILES string of the molecule is O=C(c1cc(N2CCC(N3C(=O)Cc4ncccc43)CC2)ncn1)N1CCc2ccccc2CC1. The van der Waals surface area contributed by atoms with Crippen molar-refractivity contribution in [2.45, 2.75) is 38.1 Å². The summed E-state index contributed by atoms with van der Waals surface area (Å²) >= 11 is 0. The van der Waals surface area contributed by atoms with Crippen molar-refractivity contribution >= 4 is 23.3 Å². The molecule has 2 amide bonds. The molecule has 1 fully saturated rings. The fourth-order valence-electron chi connectivity index (χ4n) is 5.57. The summed E-state index contributed by atoms with van der Waals surface area (Å²) in [7, 11) is 0. The van der Waals surface area contributed by atoms with E-state index in [0.29, 0.717) is 25.2 Å². The van der Waals surface area contributed by atoms with E-state index >= 15 is 0 Å². The lowest BCUT2D eigenvalue weighted by atomic mass is 10.0. The number of aromatic nitrogens is 3. The largest absolute Gasteiger partial charge is 0.356 e. The number of carbonyl (C=O) groups excluding carboxylic acids is 2. The van der Waals surface area contributed by atoms with Crippen LogP contribution in [-0.4, -0.2) is 63.9 Å². The number of rotatable bonds is 3. The second kappa shape index (κ2) is 9.09. The number of piperidine rings is 1. The number of hydrogen-bond donors (Lipinski definition) is 0. The van der Waals surface area contributed by atoms with Gasteiger partial charge in [0.1, 0.15) is 17.8 Å². The van der Waals surface area contributed by atoms with Gasteiger partial charge < -0.3 is 14.7 Å². The second-order valence-electron chi connectivity index (χ2n) is 9.45. The van der Waals surface area contributed by atoms with Gasteiger partial charge in [-0.25, -0.2) is 9.97 Å². The van der Waals surface area contributed by atoms with Crippen molar-refractivity contribution < 1.29 is 9.59 Å². The third-order valence-electron chi connectivity index (χ3n) is 7.45. The summed E-state index contributed by atoms with van der Waals surface area (Å²) in [6.07, 6.45) is 7.04. The molecule has 0 unspecified atom stereocenters. The summed E-state index contributed by atoms with van der Waals surface area (Å²) in [6.45, 7) is 2.93. The van der Waals surface area contributed by atoms with Crippen molar-refractivity contribution in [1.29, 1.82) is 0 Å². The maximum atomic E-state index is 13.3. The van der Waals surface area contributed by atoms with E-state index in [2.05, 4.69) is 44.1 Å². The number of hydrogen-bond acceptors (Lipinski definition) is 6. The van der Waals surface area contributed by atoms with Crippen molar-refractivity contribution in [2.75, 3.05) is 36.0 Å². The molecule has 178 valence electrons. The molecule has 0 atom stereocenters. The van der Waals surface area contributed by atoms with E-state index in [1.54, 1.807) is 6.20 Å². The molecule has 0 spiro atoms. The molecule has 0 saturated carbocycles. The minimum Gasteiger partial charge on any atom is -0.356 e. The number of nitrogens with zero attached hydrogens (tertiary/aromatic N) is 6. The van der Waals surface area contributed by atoms with Crippen LogP contribution in [0.1, 0.15) is 40.2 Å². The van der Waals surface area contributed by atoms with E-state index in [0.717, 1.165) is 56.0 Å². The maximum Gasteiger partial charge on any atom is 0.272 e. The summed E-state index contributed by atoms with van der Waals surface area (Å²) in [5, 5.41) is 0. The zero-order valence-electron chi connectivity index (χ0n) is 19.6. The molecule has 0 bridgehead atoms. The van der Waals surface area contributed by atoms with E-state index < -0.39 is 0 Å². The van der Waals surface area contributed by atoms with Gasteiger partial charge >= 0.3 is 0 Å². The zero-order chi connectivity index (χ0) is 23.8. The molecule has 0 aliphatic carbocycles. The van der Waals surface area contributed by atoms with E-state index in [1.807, 2.05) is 28.0 Å². The number of benzene rings is 1. The van der Waals surface area contributed by atoms with Gasteiger partial charge in [0.25, 0.3) is 5.91 Å². The Morgan fingerprint density at radius 2 is 1.63 bits per heavy atom. The summed E-state index contributed by atoms with van der Waals surface area (Å²) in [4.78, 5) is 45.1. The van der Waals surface area contributed by atoms with Crippen LogP contribution in [0.25, 0.3) is 0 Å². The van der Waals surface area contributed by atoms with Gasteiger partial charge in [-0.05, 0) is 48.9 Å². The normalized spacial score (nSPS) is 18.3. The van der Waals surface area contributed by atoms with Crippen molar-refractivity contribution in [3.63, 3.8) is 0 Å². The first kappa shape index (κ1) is 21.7. The van der Waals surface area contributed by atoms with Crippen LogP contribution in [0, 0.1) is 0 Å². The molecule has 35 heavy (non-hydrogen) atoms. The van der Waals surface area contributed by atoms with Gasteiger partial charge in [0.2, 0.25) is 5.91 Å². The van der Waals surface area contributed by atoms with E-state index in [9.17, 15) is 9.59 Å². The van der Waals surface area contributed by atoms with E-state index in [1.165, 1.54) is 17.5 Å². The lowest BCUT2D eigenvalue weighted by Crippen LogP contribution is -2.46. The molecule has 8 nitrogen and oxygen atoms in total. The Morgan fingerprint density at radius 1 is 0.886 bits per heavy atom. The number of fused-ring (bicyclic) bond motifs is 2. The molecule has 3 aliphatic rings. The Labute approximate surface area is 204 Å². The predicted octanol–water partition coefficient (Wildman–Crippen LogP) is 2.67. The second-order valence-corrected chi connectivity index (χ2v) is 9.45. The first-order valence-electron chi connectivity index (χ1n) is 12.4. The minimum absolute atomic E-state index is 0.0388. The van der Waals surface area contributed by atoms with E-state index in [4.69, 9.17) is 0 Å². The highest BCUT2D eigenvalue weighted by atomic mass is 16.2. The topological polar surface area (TPSA) is 82.5 Å². The number of amides is 2. The van der Waals surface area contributed by atoms with Crippen LogP contribution < -0.4 is 9.80 Å². The van der Waals surface area contributed by atoms with Gasteiger partial charge in [0.15, 0.2) is 0 Å². The molecule has 3 aromatic rings. The molecule has 0 radical (unpaired) electrons. The Bertz CT molecular complexity index is 1240. The predicted molar refractivity (Wildman–Crippen MR) is 132 cm³/mol. The molecule has 8 heteroatoms. The van der Waals surface area contributed by atoms with Crippen LogP contribution >= 0.6 is 0 Å². The van der Waals surface area contributed by atoms with Gasteiger partial charge in [-0.2, -0.15) is 0 Å². The van der Waals surface area contributed by atoms with Crippen molar-refractivity contribution in [1.82, 2.24) is 19.9 Å². The Kier molecular flexibility index (Phi) is 5.64. The molecule has 2 aromatic heterocycles. The van der Waals surface area contributed by atoms with E-state index in [-0.39, 0.29) is 17.9 Å². The van der Waals surface area contributed by atoms with Gasteiger partial charge in [-0.3, -0.25) is 14.6 Å². The van der Waals surface area contributed by atoms with Gasteiger partial charge in [-0.15, -0.1) is 0 Å². The molecule has 6 rings (SSSR count). The number of pyridine rings is 1. The Hall–Kier alpha value is -3.81. The molecule has 3 aliphatic heterocycles. The lowest BCUT2D eigenvalue weighted by Gasteiger charge is -2.37. The third kappa shape index (κ3) is 4.13. The van der Waals surface area contributed by atoms with Crippen LogP contribution in [-0.2, 0) is 24.1 Å². The van der Waals surface area contributed by atoms with Crippen LogP contribution in [0.2, 0.25) is 0 Å². The zero-order valence-corrected chi connectivity index (χ0v) is 19.6. The van der Waals surface area contributed by atoms with Crippen LogP contribution in [0.3, 0.4) is 0 Å². The van der Waals surface area contributed by atoms with Crippen LogP contribution in [0.15, 0.2) is 55.0 Å². The van der Waals surface area contributed by atoms with Crippen LogP contribution in [0.4, 0.5) is 11.5 Å². The summed E-state index contributed by atoms with van der Waals surface area (Å²) in [5.41, 5.74) is 4.91. The van der Waals surface area contributed by atoms with Crippen molar-refractivity contribution in [3.8, 4) is 0 Å². The first-order valence-corrected chi connectivity index (χ1v) is 12.4. The average Bonchev–Trinajstić information content (AvgIpc) is 3.09. The summed E-state index contributed by atoms with van der Waals surface area (Å²) < 4.78 is 0. The van der Waals surface area contributed by atoms with Gasteiger partial charge in [0.05, 0.1) is 17.8 Å². The highest BCUT2D eigenvalue weighted by Crippen LogP contribution is 2.32. The first-order chi connectivity index (χ1) is 17.2. The number of carbonyl (C=O) groups is 2. The Morgan fingerprint density at radius 3 is 2.37 bits per heavy atom. The molecular formula is C27H28N6O2.